The van der Waals surface area contributed by atoms with Gasteiger partial charge in [-0.3, -0.25) is 4.79 Å². The Kier molecular flexibility index (Phi) is 3.33. The molecule has 3 nitrogen and oxygen atoms in total. The number of nitrogens with two attached hydrogens (primary N) is 1. The Morgan fingerprint density at radius 1 is 1.33 bits per heavy atom. The van der Waals surface area contributed by atoms with Crippen LogP contribution in [0.2, 0.25) is 0 Å². The van der Waals surface area contributed by atoms with Gasteiger partial charge in [-0.25, -0.2) is 0 Å². The zero-order chi connectivity index (χ0) is 13.3. The lowest BCUT2D eigenvalue weighted by Crippen LogP contribution is -2.42. The Labute approximate surface area is 109 Å². The fraction of sp³-hybridized carbons (Fsp3) is 0.533. The first-order valence-corrected chi connectivity index (χ1v) is 6.53. The molecule has 1 aliphatic carbocycles. The molecular formula is C15H22N2O. The van der Waals surface area contributed by atoms with Gasteiger partial charge in [0.05, 0.1) is 5.41 Å². The average Bonchev–Trinajstić information content (AvgIpc) is 3.12. The van der Waals surface area contributed by atoms with Crippen molar-refractivity contribution < 1.29 is 4.79 Å². The van der Waals surface area contributed by atoms with Gasteiger partial charge in [-0.15, -0.1) is 0 Å². The Balaban J connectivity index is 2.12. The Morgan fingerprint density at radius 2 is 1.89 bits per heavy atom. The summed E-state index contributed by atoms with van der Waals surface area (Å²) >= 11 is 0. The standard InChI is InChI=1S/C15H22N2O/c1-15(2,12-6-8-13(16)9-7-12)14(18)17(3)10-11-4-5-11/h6-9,11H,4-5,10,16H2,1-3H3. The van der Waals surface area contributed by atoms with E-state index in [-0.39, 0.29) is 5.91 Å². The van der Waals surface area contributed by atoms with Crippen LogP contribution in [0.5, 0.6) is 0 Å². The largest absolute Gasteiger partial charge is 0.399 e. The summed E-state index contributed by atoms with van der Waals surface area (Å²) in [6, 6.07) is 7.59. The summed E-state index contributed by atoms with van der Waals surface area (Å²) in [5, 5.41) is 0. The number of carbonyl (C=O) groups excluding carboxylic acids is 1. The number of amides is 1. The van der Waals surface area contributed by atoms with Crippen molar-refractivity contribution >= 4 is 11.6 Å². The number of likely N-dealkylation sites (N-methyl/N-ethyl adjacent to an activating group) is 1. The number of carbonyl (C=O) groups is 1. The zero-order valence-corrected chi connectivity index (χ0v) is 11.4. The first-order chi connectivity index (χ1) is 8.41. The molecule has 1 aromatic carbocycles. The van der Waals surface area contributed by atoms with Crippen LogP contribution in [-0.4, -0.2) is 24.4 Å². The molecule has 1 aromatic rings. The van der Waals surface area contributed by atoms with E-state index in [1.54, 1.807) is 0 Å². The highest BCUT2D eigenvalue weighted by atomic mass is 16.2. The number of nitrogen functional groups attached to an aromatic ring is 1. The van der Waals surface area contributed by atoms with E-state index in [2.05, 4.69) is 0 Å². The number of anilines is 1. The van der Waals surface area contributed by atoms with Crippen molar-refractivity contribution in [1.29, 1.82) is 0 Å². The second kappa shape index (κ2) is 4.63. The molecule has 18 heavy (non-hydrogen) atoms. The summed E-state index contributed by atoms with van der Waals surface area (Å²) in [6.45, 7) is 4.84. The molecule has 0 saturated heterocycles. The second-order valence-electron chi connectivity index (χ2n) is 5.88. The van der Waals surface area contributed by atoms with E-state index in [1.165, 1.54) is 12.8 Å². The van der Waals surface area contributed by atoms with E-state index in [1.807, 2.05) is 50.1 Å². The van der Waals surface area contributed by atoms with E-state index in [0.717, 1.165) is 23.7 Å². The van der Waals surface area contributed by atoms with Gasteiger partial charge in [-0.1, -0.05) is 12.1 Å². The lowest BCUT2D eigenvalue weighted by atomic mass is 9.83. The summed E-state index contributed by atoms with van der Waals surface area (Å²) < 4.78 is 0. The van der Waals surface area contributed by atoms with E-state index in [0.29, 0.717) is 0 Å². The molecule has 0 aliphatic heterocycles. The summed E-state index contributed by atoms with van der Waals surface area (Å²) in [4.78, 5) is 14.4. The van der Waals surface area contributed by atoms with Crippen molar-refractivity contribution in [3.63, 3.8) is 0 Å². The van der Waals surface area contributed by atoms with Crippen molar-refractivity contribution in [3.8, 4) is 0 Å². The molecule has 0 unspecified atom stereocenters. The summed E-state index contributed by atoms with van der Waals surface area (Å²) in [7, 11) is 1.90. The van der Waals surface area contributed by atoms with E-state index in [4.69, 9.17) is 5.73 Å². The first-order valence-electron chi connectivity index (χ1n) is 6.53. The van der Waals surface area contributed by atoms with Gasteiger partial charge in [-0.05, 0) is 50.3 Å². The fourth-order valence-electron chi connectivity index (χ4n) is 2.27. The third-order valence-corrected chi connectivity index (χ3v) is 3.74. The van der Waals surface area contributed by atoms with Crippen molar-refractivity contribution in [3.05, 3.63) is 29.8 Å². The maximum atomic E-state index is 12.5. The Hall–Kier alpha value is -1.51. The maximum Gasteiger partial charge on any atom is 0.232 e. The molecule has 2 N–H and O–H groups in total. The molecule has 0 heterocycles. The van der Waals surface area contributed by atoms with Crippen molar-refractivity contribution in [2.45, 2.75) is 32.1 Å². The van der Waals surface area contributed by atoms with Crippen molar-refractivity contribution in [2.24, 2.45) is 5.92 Å². The highest BCUT2D eigenvalue weighted by molar-refractivity contribution is 5.87. The van der Waals surface area contributed by atoms with Gasteiger partial charge < -0.3 is 10.6 Å². The highest BCUT2D eigenvalue weighted by Crippen LogP contribution is 2.32. The van der Waals surface area contributed by atoms with Crippen LogP contribution < -0.4 is 5.73 Å². The average molecular weight is 246 g/mol. The highest BCUT2D eigenvalue weighted by Gasteiger charge is 2.34. The normalized spacial score (nSPS) is 15.5. The summed E-state index contributed by atoms with van der Waals surface area (Å²) in [5.41, 5.74) is 6.94. The minimum absolute atomic E-state index is 0.180. The minimum Gasteiger partial charge on any atom is -0.399 e. The molecule has 1 saturated carbocycles. The molecule has 0 bridgehead atoms. The van der Waals surface area contributed by atoms with Crippen LogP contribution in [0.3, 0.4) is 0 Å². The number of hydrogen-bond donors (Lipinski definition) is 1. The fourth-order valence-corrected chi connectivity index (χ4v) is 2.27. The molecule has 0 spiro atoms. The van der Waals surface area contributed by atoms with Crippen molar-refractivity contribution in [1.82, 2.24) is 4.90 Å². The van der Waals surface area contributed by atoms with Crippen LogP contribution in [-0.2, 0) is 10.2 Å². The van der Waals surface area contributed by atoms with Crippen LogP contribution in [0.25, 0.3) is 0 Å². The lowest BCUT2D eigenvalue weighted by Gasteiger charge is -2.30. The van der Waals surface area contributed by atoms with Gasteiger partial charge >= 0.3 is 0 Å². The van der Waals surface area contributed by atoms with Gasteiger partial charge in [0.15, 0.2) is 0 Å². The lowest BCUT2D eigenvalue weighted by molar-refractivity contribution is -0.135. The maximum absolute atomic E-state index is 12.5. The number of rotatable bonds is 4. The topological polar surface area (TPSA) is 46.3 Å². The van der Waals surface area contributed by atoms with Crippen LogP contribution in [0, 0.1) is 5.92 Å². The predicted molar refractivity (Wildman–Crippen MR) is 74.2 cm³/mol. The van der Waals surface area contributed by atoms with E-state index < -0.39 is 5.41 Å². The molecule has 3 heteroatoms. The van der Waals surface area contributed by atoms with Crippen molar-refractivity contribution in [2.75, 3.05) is 19.3 Å². The van der Waals surface area contributed by atoms with Gasteiger partial charge in [0, 0.05) is 19.3 Å². The quantitative estimate of drug-likeness (QED) is 0.829. The van der Waals surface area contributed by atoms with E-state index in [9.17, 15) is 4.79 Å². The van der Waals surface area contributed by atoms with Gasteiger partial charge in [0.1, 0.15) is 0 Å². The van der Waals surface area contributed by atoms with E-state index >= 15 is 0 Å². The monoisotopic (exact) mass is 246 g/mol. The minimum atomic E-state index is -0.489. The summed E-state index contributed by atoms with van der Waals surface area (Å²) in [6.07, 6.45) is 2.53. The van der Waals surface area contributed by atoms with Crippen LogP contribution in [0.1, 0.15) is 32.3 Å². The number of hydrogen-bond acceptors (Lipinski definition) is 2. The van der Waals surface area contributed by atoms with Gasteiger partial charge in [-0.2, -0.15) is 0 Å². The molecule has 2 rings (SSSR count). The smallest absolute Gasteiger partial charge is 0.232 e. The van der Waals surface area contributed by atoms with Crippen LogP contribution in [0.4, 0.5) is 5.69 Å². The number of nitrogens with zero attached hydrogens (tertiary/aromatic N) is 1. The predicted octanol–water partition coefficient (Wildman–Crippen LogP) is 2.41. The zero-order valence-electron chi connectivity index (χ0n) is 11.4. The van der Waals surface area contributed by atoms with Gasteiger partial charge in [0.2, 0.25) is 5.91 Å². The Bertz CT molecular complexity index is 432. The van der Waals surface area contributed by atoms with Crippen LogP contribution in [0.15, 0.2) is 24.3 Å². The Morgan fingerprint density at radius 3 is 2.39 bits per heavy atom. The summed E-state index contributed by atoms with van der Waals surface area (Å²) in [5.74, 6) is 0.903. The third-order valence-electron chi connectivity index (χ3n) is 3.74. The van der Waals surface area contributed by atoms with Gasteiger partial charge in [0.25, 0.3) is 0 Å². The first kappa shape index (κ1) is 12.9. The molecular weight excluding hydrogens is 224 g/mol. The molecule has 0 aromatic heterocycles. The molecule has 0 atom stereocenters. The second-order valence-corrected chi connectivity index (χ2v) is 5.88. The molecule has 1 fully saturated rings. The molecule has 98 valence electrons. The molecule has 1 amide bonds. The molecule has 1 aliphatic rings. The van der Waals surface area contributed by atoms with Crippen LogP contribution >= 0.6 is 0 Å². The molecule has 0 radical (unpaired) electrons. The number of benzene rings is 1. The SMILES string of the molecule is CN(CC1CC1)C(=O)C(C)(C)c1ccc(N)cc1. The third kappa shape index (κ3) is 2.66.